The van der Waals surface area contributed by atoms with Crippen LogP contribution in [0.5, 0.6) is 0 Å². The minimum Gasteiger partial charge on any atom is -0.481 e. The lowest BCUT2D eigenvalue weighted by Crippen LogP contribution is -2.59. The number of methoxy groups -OCH3 is 1. The number of fused-ring (bicyclic) bond motifs is 1. The molecule has 150 valence electrons. The first kappa shape index (κ1) is 20.4. The molecule has 0 saturated heterocycles. The van der Waals surface area contributed by atoms with Crippen molar-refractivity contribution < 1.29 is 24.9 Å². The maximum absolute atomic E-state index is 10.8. The summed E-state index contributed by atoms with van der Waals surface area (Å²) >= 11 is 0. The van der Waals surface area contributed by atoms with Crippen molar-refractivity contribution in [3.63, 3.8) is 0 Å². The van der Waals surface area contributed by atoms with Crippen molar-refractivity contribution in [2.24, 2.45) is 17.8 Å². The monoisotopic (exact) mass is 376 g/mol. The van der Waals surface area contributed by atoms with E-state index in [2.05, 4.69) is 11.8 Å². The summed E-state index contributed by atoms with van der Waals surface area (Å²) in [5.74, 6) is 5.61. The number of carboxylic acids is 1. The van der Waals surface area contributed by atoms with Gasteiger partial charge >= 0.3 is 5.97 Å². The van der Waals surface area contributed by atoms with Gasteiger partial charge in [0, 0.05) is 19.4 Å². The molecule has 3 aliphatic carbocycles. The molecule has 0 bridgehead atoms. The molecule has 0 heterocycles. The molecular weight excluding hydrogens is 344 g/mol. The van der Waals surface area contributed by atoms with E-state index in [-0.39, 0.29) is 24.2 Å². The summed E-state index contributed by atoms with van der Waals surface area (Å²) in [6.07, 6.45) is 9.27. The van der Waals surface area contributed by atoms with E-state index in [1.165, 1.54) is 6.42 Å². The van der Waals surface area contributed by atoms with Crippen molar-refractivity contribution in [3.8, 4) is 11.8 Å². The number of aliphatic hydroxyl groups excluding tert-OH is 2. The van der Waals surface area contributed by atoms with Gasteiger partial charge in [0.15, 0.2) is 0 Å². The van der Waals surface area contributed by atoms with Crippen molar-refractivity contribution >= 4 is 5.97 Å². The molecular formula is C22H32O5. The van der Waals surface area contributed by atoms with Crippen LogP contribution in [0.2, 0.25) is 0 Å². The number of rotatable bonds is 5. The fourth-order valence-corrected chi connectivity index (χ4v) is 5.21. The molecule has 27 heavy (non-hydrogen) atoms. The van der Waals surface area contributed by atoms with Crippen molar-refractivity contribution in [2.75, 3.05) is 7.11 Å². The van der Waals surface area contributed by atoms with Crippen molar-refractivity contribution in [2.45, 2.75) is 82.0 Å². The van der Waals surface area contributed by atoms with Crippen molar-refractivity contribution in [1.29, 1.82) is 0 Å². The maximum Gasteiger partial charge on any atom is 0.303 e. The molecule has 3 rings (SSSR count). The van der Waals surface area contributed by atoms with E-state index < -0.39 is 23.8 Å². The average molecular weight is 376 g/mol. The maximum atomic E-state index is 10.8. The lowest BCUT2D eigenvalue weighted by atomic mass is 9.53. The molecule has 5 atom stereocenters. The van der Waals surface area contributed by atoms with Gasteiger partial charge in [-0.2, -0.15) is 0 Å². The highest BCUT2D eigenvalue weighted by molar-refractivity contribution is 5.66. The minimum absolute atomic E-state index is 0.105. The Kier molecular flexibility index (Phi) is 6.62. The zero-order valence-electron chi connectivity index (χ0n) is 16.2. The summed E-state index contributed by atoms with van der Waals surface area (Å²) in [7, 11) is 1.69. The van der Waals surface area contributed by atoms with Gasteiger partial charge in [0.2, 0.25) is 0 Å². The molecule has 0 aromatic rings. The van der Waals surface area contributed by atoms with Crippen LogP contribution in [0.4, 0.5) is 0 Å². The third kappa shape index (κ3) is 4.23. The van der Waals surface area contributed by atoms with Crippen LogP contribution in [0.15, 0.2) is 11.6 Å². The summed E-state index contributed by atoms with van der Waals surface area (Å²) in [5.41, 5.74) is 0.718. The Morgan fingerprint density at radius 3 is 2.74 bits per heavy atom. The predicted octanol–water partition coefficient (Wildman–Crippen LogP) is 2.90. The van der Waals surface area contributed by atoms with Gasteiger partial charge in [-0.05, 0) is 50.0 Å². The number of allylic oxidation sites excluding steroid dienone is 1. The van der Waals surface area contributed by atoms with E-state index in [1.807, 2.05) is 6.08 Å². The second-order valence-corrected chi connectivity index (χ2v) is 8.33. The van der Waals surface area contributed by atoms with E-state index in [0.29, 0.717) is 12.8 Å². The minimum atomic E-state index is -0.797. The molecule has 5 heteroatoms. The van der Waals surface area contributed by atoms with Crippen molar-refractivity contribution in [3.05, 3.63) is 11.6 Å². The molecule has 0 spiro atoms. The van der Waals surface area contributed by atoms with E-state index in [1.54, 1.807) is 7.11 Å². The van der Waals surface area contributed by atoms with Gasteiger partial charge in [-0.15, -0.1) is 0 Å². The van der Waals surface area contributed by atoms with Gasteiger partial charge in [-0.25, -0.2) is 0 Å². The van der Waals surface area contributed by atoms with E-state index in [0.717, 1.165) is 44.1 Å². The van der Waals surface area contributed by atoms with Crippen LogP contribution in [-0.4, -0.2) is 46.2 Å². The molecule has 5 nitrogen and oxygen atoms in total. The third-order valence-corrected chi connectivity index (χ3v) is 6.85. The first-order valence-electron chi connectivity index (χ1n) is 10.3. The van der Waals surface area contributed by atoms with Crippen LogP contribution in [0.3, 0.4) is 0 Å². The van der Waals surface area contributed by atoms with Gasteiger partial charge in [0.05, 0.1) is 17.6 Å². The van der Waals surface area contributed by atoms with Gasteiger partial charge in [0.25, 0.3) is 0 Å². The SMILES string of the molecule is CO[C@]12CC[C@@H](O)[C@H](C#CC(O)C3CCCCC3)[C@H]1C/C2=C\CCC(=O)O. The molecule has 1 unspecified atom stereocenters. The van der Waals surface area contributed by atoms with Crippen LogP contribution in [0.1, 0.15) is 64.2 Å². The summed E-state index contributed by atoms with van der Waals surface area (Å²) in [5, 5.41) is 29.8. The Bertz CT molecular complexity index is 624. The Morgan fingerprint density at radius 1 is 1.33 bits per heavy atom. The predicted molar refractivity (Wildman–Crippen MR) is 102 cm³/mol. The number of ether oxygens (including phenoxy) is 1. The first-order valence-corrected chi connectivity index (χ1v) is 10.3. The van der Waals surface area contributed by atoms with Gasteiger partial charge < -0.3 is 20.1 Å². The second kappa shape index (κ2) is 8.77. The smallest absolute Gasteiger partial charge is 0.303 e. The fraction of sp³-hybridized carbons (Fsp3) is 0.773. The van der Waals surface area contributed by atoms with Crippen LogP contribution >= 0.6 is 0 Å². The molecule has 3 aliphatic rings. The number of aliphatic carboxylic acids is 1. The molecule has 0 aromatic carbocycles. The second-order valence-electron chi connectivity index (χ2n) is 8.33. The first-order chi connectivity index (χ1) is 13.0. The van der Waals surface area contributed by atoms with E-state index in [4.69, 9.17) is 9.84 Å². The molecule has 0 aliphatic heterocycles. The standard InChI is InChI=1S/C22H32O5/c1-27-22-13-12-20(24)17(10-11-19(23)15-6-3-2-4-7-15)18(22)14-16(22)8-5-9-21(25)26/h8,15,17-20,23-24H,2-7,9,12-14H2,1H3,(H,25,26)/b16-8+/t17-,18-,19?,20-,22+/m1/s1. The summed E-state index contributed by atoms with van der Waals surface area (Å²) in [6, 6.07) is 0. The number of hydrogen-bond donors (Lipinski definition) is 3. The summed E-state index contributed by atoms with van der Waals surface area (Å²) in [6.45, 7) is 0. The lowest BCUT2D eigenvalue weighted by Gasteiger charge is -2.57. The van der Waals surface area contributed by atoms with Crippen LogP contribution in [0.25, 0.3) is 0 Å². The zero-order chi connectivity index (χ0) is 19.4. The molecule has 3 fully saturated rings. The Balaban J connectivity index is 1.70. The highest BCUT2D eigenvalue weighted by Crippen LogP contribution is 2.56. The van der Waals surface area contributed by atoms with Gasteiger partial charge in [-0.1, -0.05) is 37.2 Å². The molecule has 3 saturated carbocycles. The van der Waals surface area contributed by atoms with Crippen LogP contribution in [-0.2, 0) is 9.53 Å². The van der Waals surface area contributed by atoms with Gasteiger partial charge in [0.1, 0.15) is 6.10 Å². The zero-order valence-corrected chi connectivity index (χ0v) is 16.2. The number of aliphatic hydroxyl groups is 2. The largest absolute Gasteiger partial charge is 0.481 e. The highest BCUT2D eigenvalue weighted by Gasteiger charge is 2.58. The lowest BCUT2D eigenvalue weighted by molar-refractivity contribution is -0.139. The van der Waals surface area contributed by atoms with Crippen LogP contribution < -0.4 is 0 Å². The average Bonchev–Trinajstić information content (AvgIpc) is 2.66. The quantitative estimate of drug-likeness (QED) is 0.507. The Hall–Kier alpha value is -1.35. The molecule has 0 amide bonds. The topological polar surface area (TPSA) is 87.0 Å². The van der Waals surface area contributed by atoms with E-state index in [9.17, 15) is 15.0 Å². The van der Waals surface area contributed by atoms with Crippen LogP contribution in [0, 0.1) is 29.6 Å². The third-order valence-electron chi connectivity index (χ3n) is 6.85. The number of carbonyl (C=O) groups is 1. The summed E-state index contributed by atoms with van der Waals surface area (Å²) in [4.78, 5) is 10.8. The Labute approximate surface area is 161 Å². The molecule has 3 N–H and O–H groups in total. The highest BCUT2D eigenvalue weighted by atomic mass is 16.5. The van der Waals surface area contributed by atoms with Crippen molar-refractivity contribution in [1.82, 2.24) is 0 Å². The van der Waals surface area contributed by atoms with E-state index >= 15 is 0 Å². The Morgan fingerprint density at radius 2 is 2.07 bits per heavy atom. The normalized spacial score (nSPS) is 36.3. The molecule has 0 aromatic heterocycles. The number of hydrogen-bond acceptors (Lipinski definition) is 4. The van der Waals surface area contributed by atoms with Gasteiger partial charge in [-0.3, -0.25) is 4.79 Å². The molecule has 0 radical (unpaired) electrons. The summed E-state index contributed by atoms with van der Waals surface area (Å²) < 4.78 is 5.89. The number of carboxylic acid groups (broad SMARTS) is 1. The fourth-order valence-electron chi connectivity index (χ4n) is 5.21.